The van der Waals surface area contributed by atoms with Gasteiger partial charge < -0.3 is 28.8 Å². The Balaban J connectivity index is -0.000000333. The average molecular weight is 872 g/mol. The van der Waals surface area contributed by atoms with Crippen LogP contribution < -0.4 is 0 Å². The van der Waals surface area contributed by atoms with E-state index in [1.807, 2.05) is 13.8 Å². The molecule has 0 heterocycles. The minimum atomic E-state index is -0.436. The van der Waals surface area contributed by atoms with Crippen molar-refractivity contribution in [1.82, 2.24) is 0 Å². The van der Waals surface area contributed by atoms with Gasteiger partial charge in [0.25, 0.3) is 0 Å². The summed E-state index contributed by atoms with van der Waals surface area (Å²) in [6.45, 7) is 7.01. The first-order valence-corrected chi connectivity index (χ1v) is 6.94. The Labute approximate surface area is 143 Å². The van der Waals surface area contributed by atoms with Crippen LogP contribution in [0.15, 0.2) is 0 Å². The minimum Gasteiger partial charge on any atom is -0.554 e. The van der Waals surface area contributed by atoms with Gasteiger partial charge in [-0.1, -0.05) is 28.7 Å². The average Bonchev–Trinajstić information content (AvgIpc) is 2.43. The van der Waals surface area contributed by atoms with Crippen LogP contribution in [0.1, 0.15) is 28.7 Å². The van der Waals surface area contributed by atoms with E-state index >= 15 is 0 Å². The molecule has 0 aromatic heterocycles. The van der Waals surface area contributed by atoms with Crippen molar-refractivity contribution in [2.45, 2.75) is 28.7 Å². The van der Waals surface area contributed by atoms with Crippen LogP contribution in [0.4, 0.5) is 0 Å². The second kappa shape index (κ2) is 18.1. The molecule has 8 heteroatoms. The molecule has 6 nitrogen and oxygen atoms in total. The molecule has 0 bridgehead atoms. The van der Waals surface area contributed by atoms with Gasteiger partial charge in [-0.3, -0.25) is 0 Å². The molecule has 0 aromatic carbocycles. The Kier molecular flexibility index (Phi) is 24.7. The maximum absolute atomic E-state index is 9.29. The fraction of sp³-hybridized carbons (Fsp3) is 0.882. The summed E-state index contributed by atoms with van der Waals surface area (Å²) in [6.07, 6.45) is 0. The fourth-order valence-electron chi connectivity index (χ4n) is 1.85. The third-order valence-corrected chi connectivity index (χ3v) is 3.05. The van der Waals surface area contributed by atoms with Gasteiger partial charge in [-0.2, -0.15) is 0 Å². The number of ether oxygens (including phenoxy) is 5. The van der Waals surface area contributed by atoms with E-state index in [-0.39, 0.29) is 26.9 Å². The topological polar surface area (TPSA) is 66.4 Å². The summed E-state index contributed by atoms with van der Waals surface area (Å²) in [4.78, 5) is 0. The second-order valence-corrected chi connectivity index (χ2v) is 6.01. The standard InChI is InChI=1S/C15H30O6.2CH4.2Rf/c1-14(8-16,9-17-3)12-20-6-7-21-13-15(2,10-18-4)11-19-5;;;;/h16H,3-4,6-13H2,1-2,5H3;2*1H4;;/q-2;;;;. The van der Waals surface area contributed by atoms with E-state index in [4.69, 9.17) is 23.7 Å². The number of hydrogen-bond donors (Lipinski definition) is 1. The van der Waals surface area contributed by atoms with E-state index in [1.54, 1.807) is 7.11 Å². The van der Waals surface area contributed by atoms with Crippen LogP contribution >= 0.6 is 0 Å². The van der Waals surface area contributed by atoms with Crippen molar-refractivity contribution in [3.8, 4) is 0 Å². The summed E-state index contributed by atoms with van der Waals surface area (Å²) in [5, 5.41) is 9.29. The molecular weight excluding hydrogens is 834 g/mol. The van der Waals surface area contributed by atoms with E-state index in [1.165, 1.54) is 0 Å². The van der Waals surface area contributed by atoms with Crippen LogP contribution in [0.25, 0.3) is 0 Å². The molecule has 0 aliphatic heterocycles. The molecule has 0 spiro atoms. The maximum Gasteiger partial charge on any atom is 0.0700 e. The molecule has 0 radical (unpaired) electrons. The fourth-order valence-corrected chi connectivity index (χ4v) is 1.85. The molecule has 2 atom stereocenters. The molecule has 2 unspecified atom stereocenters. The van der Waals surface area contributed by atoms with Gasteiger partial charge in [0, 0.05) is 31.2 Å². The molecule has 1 N–H and O–H groups in total. The molecule has 25 heavy (non-hydrogen) atoms. The van der Waals surface area contributed by atoms with E-state index in [9.17, 15) is 5.11 Å². The van der Waals surface area contributed by atoms with Crippen LogP contribution in [-0.4, -0.2) is 65.1 Å². The van der Waals surface area contributed by atoms with Crippen molar-refractivity contribution in [3.05, 3.63) is 14.2 Å². The first kappa shape index (κ1) is 34.2. The number of aliphatic hydroxyl groups is 1. The monoisotopic (exact) mass is 873 g/mol. The summed E-state index contributed by atoms with van der Waals surface area (Å²) in [7, 11) is 8.35. The molecule has 0 fully saturated rings. The van der Waals surface area contributed by atoms with Crippen LogP contribution in [0, 0.1) is 25.0 Å². The number of rotatable bonds is 14. The Morgan fingerprint density at radius 3 is 1.52 bits per heavy atom. The number of methoxy groups -OCH3 is 1. The normalized spacial score (nSPS) is 14.6. The predicted molar refractivity (Wildman–Crippen MR) is 92.9 cm³/mol. The zero-order chi connectivity index (χ0) is 16.2. The molecule has 0 amide bonds. The van der Waals surface area contributed by atoms with Crippen LogP contribution in [0.5, 0.6) is 0 Å². The summed E-state index contributed by atoms with van der Waals surface area (Å²) in [6, 6.07) is 0. The van der Waals surface area contributed by atoms with Crippen molar-refractivity contribution in [2.75, 3.05) is 60.0 Å². The molecular formula is C17H38O6Rf2-2. The molecule has 148 valence electrons. The molecule has 0 aliphatic rings. The van der Waals surface area contributed by atoms with Crippen molar-refractivity contribution >= 4 is 0 Å². The Bertz CT molecular complexity index is 253. The summed E-state index contributed by atoms with van der Waals surface area (Å²) in [5.74, 6) is 0. The first-order valence-electron chi connectivity index (χ1n) is 6.94. The van der Waals surface area contributed by atoms with Crippen molar-refractivity contribution in [1.29, 1.82) is 0 Å². The van der Waals surface area contributed by atoms with Crippen molar-refractivity contribution < 1.29 is 28.8 Å². The molecule has 0 saturated heterocycles. The minimum absolute atomic E-state index is 0. The van der Waals surface area contributed by atoms with Gasteiger partial charge in [0.2, 0.25) is 0 Å². The summed E-state index contributed by atoms with van der Waals surface area (Å²) in [5.41, 5.74) is -0.661. The maximum atomic E-state index is 9.29. The van der Waals surface area contributed by atoms with Gasteiger partial charge >= 0.3 is 0 Å². The van der Waals surface area contributed by atoms with E-state index < -0.39 is 5.41 Å². The third-order valence-electron chi connectivity index (χ3n) is 3.05. The van der Waals surface area contributed by atoms with Crippen molar-refractivity contribution in [2.24, 2.45) is 10.8 Å². The van der Waals surface area contributed by atoms with Crippen molar-refractivity contribution in [3.63, 3.8) is 0 Å². The smallest absolute Gasteiger partial charge is 0.0700 e. The molecule has 0 aliphatic carbocycles. The van der Waals surface area contributed by atoms with E-state index in [2.05, 4.69) is 14.2 Å². The van der Waals surface area contributed by atoms with Gasteiger partial charge in [-0.25, -0.2) is 14.2 Å². The Hall–Kier alpha value is -2.24. The quantitative estimate of drug-likeness (QED) is 0.214. The Morgan fingerprint density at radius 1 is 0.760 bits per heavy atom. The van der Waals surface area contributed by atoms with Crippen LogP contribution in [-0.2, 0) is 23.7 Å². The summed E-state index contributed by atoms with van der Waals surface area (Å²) < 4.78 is 26.0. The van der Waals surface area contributed by atoms with E-state index in [0.29, 0.717) is 46.2 Å². The molecule has 0 saturated carbocycles. The molecule has 0 rings (SSSR count). The molecule has 0 aromatic rings. The Morgan fingerprint density at radius 2 is 1.16 bits per heavy atom. The SMILES string of the molecule is C.C.[CH2-]OCC(C)(CO)COCCOCC(C)(CO[CH2-])COC.[Rf].[Rf]. The van der Waals surface area contributed by atoms with E-state index in [0.717, 1.165) is 0 Å². The number of hydrogen-bond acceptors (Lipinski definition) is 6. The zero-order valence-electron chi connectivity index (χ0n) is 15.0. The number of aliphatic hydroxyl groups excluding tert-OH is 1. The summed E-state index contributed by atoms with van der Waals surface area (Å²) >= 11 is 0. The third kappa shape index (κ3) is 15.1. The largest absolute Gasteiger partial charge is 0.554 e. The van der Waals surface area contributed by atoms with Gasteiger partial charge in [0.1, 0.15) is 0 Å². The second-order valence-electron chi connectivity index (χ2n) is 6.01. The van der Waals surface area contributed by atoms with Gasteiger partial charge in [0.15, 0.2) is 0 Å². The zero-order valence-corrected chi connectivity index (χ0v) is 27.8. The van der Waals surface area contributed by atoms with Crippen LogP contribution in [0.3, 0.4) is 0 Å². The van der Waals surface area contributed by atoms with Gasteiger partial charge in [0.05, 0.1) is 39.6 Å². The first-order chi connectivity index (χ1) is 9.95. The van der Waals surface area contributed by atoms with Crippen LogP contribution in [0.2, 0.25) is 0 Å². The predicted octanol–water partition coefficient (Wildman–Crippen LogP) is 2.56. The van der Waals surface area contributed by atoms with Gasteiger partial charge in [-0.15, -0.1) is 0 Å². The van der Waals surface area contributed by atoms with Gasteiger partial charge in [-0.05, 0) is 0 Å².